The van der Waals surface area contributed by atoms with Crippen molar-refractivity contribution >= 4 is 17.5 Å². The van der Waals surface area contributed by atoms with Gasteiger partial charge < -0.3 is 5.32 Å². The fraction of sp³-hybridized carbons (Fsp3) is 0.588. The molecule has 3 nitrogen and oxygen atoms in total. The van der Waals surface area contributed by atoms with Crippen LogP contribution < -0.4 is 5.32 Å². The monoisotopic (exact) mass is 308 g/mol. The van der Waals surface area contributed by atoms with Gasteiger partial charge in [-0.3, -0.25) is 9.69 Å². The van der Waals surface area contributed by atoms with Crippen molar-refractivity contribution in [3.8, 4) is 0 Å². The summed E-state index contributed by atoms with van der Waals surface area (Å²) in [5, 5.41) is 3.80. The Morgan fingerprint density at radius 3 is 2.33 bits per heavy atom. The number of halogens is 1. The molecule has 0 radical (unpaired) electrons. The van der Waals surface area contributed by atoms with Crippen molar-refractivity contribution in [2.45, 2.75) is 45.1 Å². The van der Waals surface area contributed by atoms with E-state index < -0.39 is 0 Å². The maximum atomic E-state index is 12.2. The smallest absolute Gasteiger partial charge is 0.234 e. The van der Waals surface area contributed by atoms with Crippen LogP contribution in [-0.2, 0) is 4.79 Å². The molecule has 0 spiro atoms. The Bertz CT molecular complexity index is 439. The molecule has 0 aromatic heterocycles. The number of hydrogen-bond acceptors (Lipinski definition) is 2. The minimum absolute atomic E-state index is 0.0181. The Labute approximate surface area is 132 Å². The summed E-state index contributed by atoms with van der Waals surface area (Å²) in [5.41, 5.74) is 1.08. The molecule has 0 aliphatic carbocycles. The van der Waals surface area contributed by atoms with E-state index in [-0.39, 0.29) is 11.9 Å². The molecule has 4 heteroatoms. The van der Waals surface area contributed by atoms with Crippen molar-refractivity contribution in [2.24, 2.45) is 0 Å². The van der Waals surface area contributed by atoms with Crippen molar-refractivity contribution in [1.29, 1.82) is 0 Å². The summed E-state index contributed by atoms with van der Waals surface area (Å²) in [6.45, 7) is 4.61. The Kier molecular flexibility index (Phi) is 6.52. The molecule has 1 fully saturated rings. The van der Waals surface area contributed by atoms with E-state index in [9.17, 15) is 4.79 Å². The van der Waals surface area contributed by atoms with Crippen LogP contribution in [0, 0.1) is 0 Å². The van der Waals surface area contributed by atoms with Gasteiger partial charge in [-0.25, -0.2) is 0 Å². The molecule has 1 atom stereocenters. The first-order chi connectivity index (χ1) is 10.1. The van der Waals surface area contributed by atoms with Crippen LogP contribution in [0.15, 0.2) is 24.3 Å². The van der Waals surface area contributed by atoms with E-state index in [0.29, 0.717) is 6.54 Å². The molecule has 2 rings (SSSR count). The Hall–Kier alpha value is -1.06. The summed E-state index contributed by atoms with van der Waals surface area (Å²) in [5.74, 6) is 0.109. The van der Waals surface area contributed by atoms with Crippen LogP contribution in [-0.4, -0.2) is 30.4 Å². The zero-order valence-corrected chi connectivity index (χ0v) is 13.5. The van der Waals surface area contributed by atoms with Gasteiger partial charge in [-0.15, -0.1) is 0 Å². The third-order valence-corrected chi connectivity index (χ3v) is 4.32. The van der Waals surface area contributed by atoms with Crippen molar-refractivity contribution in [3.05, 3.63) is 34.9 Å². The second-order valence-electron chi connectivity index (χ2n) is 5.88. The molecule has 1 amide bonds. The molecule has 1 aliphatic rings. The minimum Gasteiger partial charge on any atom is -0.348 e. The van der Waals surface area contributed by atoms with Gasteiger partial charge in [0, 0.05) is 5.02 Å². The van der Waals surface area contributed by atoms with Crippen LogP contribution in [0.2, 0.25) is 5.02 Å². The zero-order chi connectivity index (χ0) is 15.1. The van der Waals surface area contributed by atoms with Crippen molar-refractivity contribution < 1.29 is 4.79 Å². The molecule has 0 saturated carbocycles. The first-order valence-electron chi connectivity index (χ1n) is 7.92. The molecule has 1 aliphatic heterocycles. The third-order valence-electron chi connectivity index (χ3n) is 4.06. The number of nitrogens with one attached hydrogen (secondary N) is 1. The van der Waals surface area contributed by atoms with Crippen LogP contribution in [0.25, 0.3) is 0 Å². The number of amides is 1. The number of carbonyl (C=O) groups is 1. The molecule has 1 aromatic rings. The summed E-state index contributed by atoms with van der Waals surface area (Å²) >= 11 is 5.89. The van der Waals surface area contributed by atoms with E-state index in [1.165, 1.54) is 32.1 Å². The highest BCUT2D eigenvalue weighted by Crippen LogP contribution is 2.16. The molecule has 21 heavy (non-hydrogen) atoms. The van der Waals surface area contributed by atoms with Crippen LogP contribution in [0.5, 0.6) is 0 Å². The molecule has 1 N–H and O–H groups in total. The molecular formula is C17H25ClN2O. The standard InChI is InChI=1S/C17H25ClN2O/c1-14(15-7-9-16(18)10-8-15)19-17(21)13-20-11-5-3-2-4-6-12-20/h7-10,14H,2-6,11-13H2,1H3,(H,19,21)/t14-/m0/s1. The van der Waals surface area contributed by atoms with E-state index in [1.54, 1.807) is 0 Å². The van der Waals surface area contributed by atoms with E-state index in [1.807, 2.05) is 31.2 Å². The highest BCUT2D eigenvalue weighted by atomic mass is 35.5. The predicted octanol–water partition coefficient (Wildman–Crippen LogP) is 3.78. The van der Waals surface area contributed by atoms with Gasteiger partial charge in [-0.2, -0.15) is 0 Å². The highest BCUT2D eigenvalue weighted by Gasteiger charge is 2.14. The summed E-state index contributed by atoms with van der Waals surface area (Å²) in [6, 6.07) is 7.66. The van der Waals surface area contributed by atoms with Gasteiger partial charge in [0.25, 0.3) is 0 Å². The number of benzene rings is 1. The maximum absolute atomic E-state index is 12.2. The molecule has 1 saturated heterocycles. The molecular weight excluding hydrogens is 284 g/mol. The van der Waals surface area contributed by atoms with Crippen LogP contribution in [0.4, 0.5) is 0 Å². The first kappa shape index (κ1) is 16.3. The predicted molar refractivity (Wildman–Crippen MR) is 87.5 cm³/mol. The van der Waals surface area contributed by atoms with E-state index in [2.05, 4.69) is 10.2 Å². The lowest BCUT2D eigenvalue weighted by Gasteiger charge is -2.24. The Balaban J connectivity index is 1.81. The Morgan fingerprint density at radius 1 is 1.14 bits per heavy atom. The molecule has 0 bridgehead atoms. The number of rotatable bonds is 4. The SMILES string of the molecule is C[C@H](NC(=O)CN1CCCCCCC1)c1ccc(Cl)cc1. The fourth-order valence-electron chi connectivity index (χ4n) is 2.80. The molecule has 1 heterocycles. The van der Waals surface area contributed by atoms with Gasteiger partial charge in [0.1, 0.15) is 0 Å². The zero-order valence-electron chi connectivity index (χ0n) is 12.8. The van der Waals surface area contributed by atoms with Gasteiger partial charge in [0.15, 0.2) is 0 Å². The number of nitrogens with zero attached hydrogens (tertiary/aromatic N) is 1. The van der Waals surface area contributed by atoms with E-state index in [4.69, 9.17) is 11.6 Å². The van der Waals surface area contributed by atoms with Crippen molar-refractivity contribution in [1.82, 2.24) is 10.2 Å². The summed E-state index contributed by atoms with van der Waals surface area (Å²) in [4.78, 5) is 14.5. The van der Waals surface area contributed by atoms with Crippen LogP contribution >= 0.6 is 11.6 Å². The number of carbonyl (C=O) groups excluding carboxylic acids is 1. The van der Waals surface area contributed by atoms with E-state index in [0.717, 1.165) is 23.7 Å². The quantitative estimate of drug-likeness (QED) is 0.918. The van der Waals surface area contributed by atoms with Gasteiger partial charge in [-0.05, 0) is 50.6 Å². The number of hydrogen-bond donors (Lipinski definition) is 1. The second kappa shape index (κ2) is 8.40. The summed E-state index contributed by atoms with van der Waals surface area (Å²) < 4.78 is 0. The van der Waals surface area contributed by atoms with Gasteiger partial charge in [0.05, 0.1) is 12.6 Å². The topological polar surface area (TPSA) is 32.3 Å². The average molecular weight is 309 g/mol. The average Bonchev–Trinajstić information content (AvgIpc) is 2.42. The van der Waals surface area contributed by atoms with Crippen LogP contribution in [0.3, 0.4) is 0 Å². The lowest BCUT2D eigenvalue weighted by molar-refractivity contribution is -0.123. The van der Waals surface area contributed by atoms with Gasteiger partial charge in [-0.1, -0.05) is 43.0 Å². The lowest BCUT2D eigenvalue weighted by atomic mass is 10.1. The van der Waals surface area contributed by atoms with Crippen molar-refractivity contribution in [2.75, 3.05) is 19.6 Å². The van der Waals surface area contributed by atoms with Gasteiger partial charge >= 0.3 is 0 Å². The normalized spacial score (nSPS) is 18.6. The first-order valence-corrected chi connectivity index (χ1v) is 8.30. The second-order valence-corrected chi connectivity index (χ2v) is 6.32. The molecule has 1 aromatic carbocycles. The summed E-state index contributed by atoms with van der Waals surface area (Å²) in [6.07, 6.45) is 6.34. The van der Waals surface area contributed by atoms with Gasteiger partial charge in [0.2, 0.25) is 5.91 Å². The molecule has 0 unspecified atom stereocenters. The summed E-state index contributed by atoms with van der Waals surface area (Å²) in [7, 11) is 0. The lowest BCUT2D eigenvalue weighted by Crippen LogP contribution is -2.39. The van der Waals surface area contributed by atoms with Crippen molar-refractivity contribution in [3.63, 3.8) is 0 Å². The number of likely N-dealkylation sites (tertiary alicyclic amines) is 1. The maximum Gasteiger partial charge on any atom is 0.234 e. The minimum atomic E-state index is 0.0181. The largest absolute Gasteiger partial charge is 0.348 e. The highest BCUT2D eigenvalue weighted by molar-refractivity contribution is 6.30. The third kappa shape index (κ3) is 5.68. The molecule has 116 valence electrons. The van der Waals surface area contributed by atoms with E-state index >= 15 is 0 Å². The fourth-order valence-corrected chi connectivity index (χ4v) is 2.92. The Morgan fingerprint density at radius 2 is 1.71 bits per heavy atom. The van der Waals surface area contributed by atoms with Crippen LogP contribution in [0.1, 0.15) is 50.6 Å².